The molecule has 0 aliphatic carbocycles. The van der Waals surface area contributed by atoms with Crippen molar-refractivity contribution in [3.8, 4) is 5.75 Å². The topological polar surface area (TPSA) is 41.6 Å². The first-order chi connectivity index (χ1) is 11.1. The molecule has 1 heterocycles. The number of halogens is 1. The van der Waals surface area contributed by atoms with Gasteiger partial charge in [-0.2, -0.15) is 0 Å². The Morgan fingerprint density at radius 3 is 2.67 bits per heavy atom. The number of carbonyl (C=O) groups excluding carboxylic acids is 1. The van der Waals surface area contributed by atoms with E-state index in [-0.39, 0.29) is 18.3 Å². The van der Waals surface area contributed by atoms with Crippen molar-refractivity contribution in [2.24, 2.45) is 5.92 Å². The molecule has 0 saturated carbocycles. The van der Waals surface area contributed by atoms with Gasteiger partial charge in [0.15, 0.2) is 0 Å². The van der Waals surface area contributed by atoms with Gasteiger partial charge < -0.3 is 15.0 Å². The van der Waals surface area contributed by atoms with Crippen molar-refractivity contribution in [1.82, 2.24) is 10.2 Å². The van der Waals surface area contributed by atoms with E-state index in [2.05, 4.69) is 31.3 Å². The van der Waals surface area contributed by atoms with Crippen molar-refractivity contribution < 1.29 is 9.53 Å². The Morgan fingerprint density at radius 1 is 1.33 bits per heavy atom. The van der Waals surface area contributed by atoms with Crippen molar-refractivity contribution in [2.45, 2.75) is 39.0 Å². The van der Waals surface area contributed by atoms with Crippen molar-refractivity contribution in [1.29, 1.82) is 0 Å². The molecule has 1 aliphatic heterocycles. The highest BCUT2D eigenvalue weighted by Gasteiger charge is 2.22. The molecule has 1 unspecified atom stereocenters. The van der Waals surface area contributed by atoms with Gasteiger partial charge in [0.1, 0.15) is 5.75 Å². The van der Waals surface area contributed by atoms with Crippen LogP contribution in [0.1, 0.15) is 44.6 Å². The van der Waals surface area contributed by atoms with Crippen LogP contribution in [0.3, 0.4) is 0 Å². The zero-order valence-electron chi connectivity index (χ0n) is 15.1. The van der Waals surface area contributed by atoms with E-state index in [4.69, 9.17) is 4.74 Å². The van der Waals surface area contributed by atoms with E-state index in [9.17, 15) is 4.79 Å². The number of rotatable bonds is 7. The fraction of sp³-hybridized carbons (Fsp3) is 0.632. The third-order valence-electron chi connectivity index (χ3n) is 4.50. The van der Waals surface area contributed by atoms with E-state index >= 15 is 0 Å². The zero-order valence-corrected chi connectivity index (χ0v) is 15.9. The van der Waals surface area contributed by atoms with Crippen molar-refractivity contribution in [3.05, 3.63) is 29.8 Å². The molecule has 0 aromatic heterocycles. The van der Waals surface area contributed by atoms with Crippen LogP contribution in [0.5, 0.6) is 5.75 Å². The fourth-order valence-corrected chi connectivity index (χ4v) is 3.11. The molecule has 1 atom stereocenters. The summed E-state index contributed by atoms with van der Waals surface area (Å²) in [6, 6.07) is 8.16. The van der Waals surface area contributed by atoms with Crippen LogP contribution < -0.4 is 10.1 Å². The van der Waals surface area contributed by atoms with Crippen LogP contribution in [0.4, 0.5) is 0 Å². The van der Waals surface area contributed by atoms with Gasteiger partial charge in [0.2, 0.25) is 5.91 Å². The maximum absolute atomic E-state index is 12.3. The van der Waals surface area contributed by atoms with Gasteiger partial charge in [0.25, 0.3) is 0 Å². The Labute approximate surface area is 152 Å². The Balaban J connectivity index is 0.00000288. The minimum absolute atomic E-state index is 0. The fourth-order valence-electron chi connectivity index (χ4n) is 3.11. The highest BCUT2D eigenvalue weighted by molar-refractivity contribution is 5.85. The lowest BCUT2D eigenvalue weighted by Crippen LogP contribution is -2.42. The van der Waals surface area contributed by atoms with Gasteiger partial charge in [-0.15, -0.1) is 12.4 Å². The van der Waals surface area contributed by atoms with E-state index in [0.717, 1.165) is 31.8 Å². The SMILES string of the molecule is CNCC1CCCN(C(=O)CCOc2ccc(C(C)C)cc2)C1.Cl. The molecule has 0 radical (unpaired) electrons. The number of likely N-dealkylation sites (tertiary alicyclic amines) is 1. The number of hydrogen-bond donors (Lipinski definition) is 1. The van der Waals surface area contributed by atoms with Crippen LogP contribution in [-0.4, -0.2) is 44.1 Å². The molecule has 1 N–H and O–H groups in total. The quantitative estimate of drug-likeness (QED) is 0.815. The van der Waals surface area contributed by atoms with Crippen molar-refractivity contribution in [3.63, 3.8) is 0 Å². The Morgan fingerprint density at radius 2 is 2.04 bits per heavy atom. The van der Waals surface area contributed by atoms with Crippen LogP contribution >= 0.6 is 12.4 Å². The number of nitrogens with one attached hydrogen (secondary N) is 1. The predicted molar refractivity (Wildman–Crippen MR) is 101 cm³/mol. The number of piperidine rings is 1. The summed E-state index contributed by atoms with van der Waals surface area (Å²) >= 11 is 0. The number of nitrogens with zero attached hydrogens (tertiary/aromatic N) is 1. The Hall–Kier alpha value is -1.26. The third-order valence-corrected chi connectivity index (χ3v) is 4.50. The molecular weight excluding hydrogens is 324 g/mol. The van der Waals surface area contributed by atoms with E-state index in [1.54, 1.807) is 0 Å². The number of carbonyl (C=O) groups is 1. The number of benzene rings is 1. The molecule has 24 heavy (non-hydrogen) atoms. The van der Waals surface area contributed by atoms with Gasteiger partial charge in [-0.1, -0.05) is 26.0 Å². The van der Waals surface area contributed by atoms with Gasteiger partial charge in [-0.25, -0.2) is 0 Å². The normalized spacial score (nSPS) is 17.5. The van der Waals surface area contributed by atoms with Gasteiger partial charge in [0, 0.05) is 13.1 Å². The maximum Gasteiger partial charge on any atom is 0.226 e. The first-order valence-corrected chi connectivity index (χ1v) is 8.75. The Kier molecular flexibility index (Phi) is 9.16. The van der Waals surface area contributed by atoms with E-state index in [1.165, 1.54) is 12.0 Å². The summed E-state index contributed by atoms with van der Waals surface area (Å²) in [4.78, 5) is 14.3. The second kappa shape index (κ2) is 10.6. The van der Waals surface area contributed by atoms with Crippen molar-refractivity contribution >= 4 is 18.3 Å². The zero-order chi connectivity index (χ0) is 16.7. The molecule has 1 fully saturated rings. The number of ether oxygens (including phenoxy) is 1. The van der Waals surface area contributed by atoms with Gasteiger partial charge in [0.05, 0.1) is 13.0 Å². The summed E-state index contributed by atoms with van der Waals surface area (Å²) in [7, 11) is 1.97. The average molecular weight is 355 g/mol. The molecule has 0 spiro atoms. The summed E-state index contributed by atoms with van der Waals surface area (Å²) in [6.07, 6.45) is 2.77. The molecule has 1 amide bonds. The van der Waals surface area contributed by atoms with Crippen LogP contribution in [0.25, 0.3) is 0 Å². The highest BCUT2D eigenvalue weighted by Crippen LogP contribution is 2.19. The second-order valence-electron chi connectivity index (χ2n) is 6.73. The molecular formula is C19H31ClN2O2. The summed E-state index contributed by atoms with van der Waals surface area (Å²) in [5.74, 6) is 2.16. The van der Waals surface area contributed by atoms with Crippen LogP contribution in [-0.2, 0) is 4.79 Å². The average Bonchev–Trinajstić information content (AvgIpc) is 2.56. The molecule has 4 nitrogen and oxygen atoms in total. The maximum atomic E-state index is 12.3. The number of hydrogen-bond acceptors (Lipinski definition) is 3. The minimum Gasteiger partial charge on any atom is -0.493 e. The molecule has 2 rings (SSSR count). The summed E-state index contributed by atoms with van der Waals surface area (Å²) in [5.41, 5.74) is 1.30. The molecule has 1 aromatic carbocycles. The van der Waals surface area contributed by atoms with Crippen molar-refractivity contribution in [2.75, 3.05) is 33.3 Å². The van der Waals surface area contributed by atoms with Gasteiger partial charge >= 0.3 is 0 Å². The second-order valence-corrected chi connectivity index (χ2v) is 6.73. The lowest BCUT2D eigenvalue weighted by molar-refractivity contribution is -0.133. The van der Waals surface area contributed by atoms with E-state index in [0.29, 0.717) is 24.9 Å². The van der Waals surface area contributed by atoms with Crippen LogP contribution in [0.2, 0.25) is 0 Å². The smallest absolute Gasteiger partial charge is 0.226 e. The summed E-state index contributed by atoms with van der Waals surface area (Å²) < 4.78 is 5.72. The third kappa shape index (κ3) is 6.33. The largest absolute Gasteiger partial charge is 0.493 e. The summed E-state index contributed by atoms with van der Waals surface area (Å²) in [5, 5.41) is 3.21. The van der Waals surface area contributed by atoms with E-state index < -0.39 is 0 Å². The molecule has 5 heteroatoms. The molecule has 0 bridgehead atoms. The van der Waals surface area contributed by atoms with Gasteiger partial charge in [-0.05, 0) is 56.0 Å². The minimum atomic E-state index is 0. The standard InChI is InChI=1S/C19H30N2O2.ClH/c1-15(2)17-6-8-18(9-7-17)23-12-10-19(22)21-11-4-5-16(14-21)13-20-3;/h6-9,15-16,20H,4-5,10-14H2,1-3H3;1H. The lowest BCUT2D eigenvalue weighted by Gasteiger charge is -2.32. The van der Waals surface area contributed by atoms with E-state index in [1.807, 2.05) is 24.1 Å². The lowest BCUT2D eigenvalue weighted by atomic mass is 9.98. The summed E-state index contributed by atoms with van der Waals surface area (Å²) in [6.45, 7) is 7.56. The monoisotopic (exact) mass is 354 g/mol. The molecule has 1 aliphatic rings. The number of amides is 1. The molecule has 1 aromatic rings. The first kappa shape index (κ1) is 20.8. The van der Waals surface area contributed by atoms with Gasteiger partial charge in [-0.3, -0.25) is 4.79 Å². The van der Waals surface area contributed by atoms with Crippen LogP contribution in [0, 0.1) is 5.92 Å². The Bertz CT molecular complexity index is 489. The molecule has 1 saturated heterocycles. The highest BCUT2D eigenvalue weighted by atomic mass is 35.5. The first-order valence-electron chi connectivity index (χ1n) is 8.75. The van der Waals surface area contributed by atoms with Crippen LogP contribution in [0.15, 0.2) is 24.3 Å². The molecule has 136 valence electrons. The predicted octanol–water partition coefficient (Wildman–Crippen LogP) is 3.46.